The van der Waals surface area contributed by atoms with Gasteiger partial charge in [0.05, 0.1) is 14.9 Å². The number of carbonyl (C=O) groups is 2. The van der Waals surface area contributed by atoms with Gasteiger partial charge in [0.2, 0.25) is 10.0 Å². The molecule has 0 aliphatic carbocycles. The average Bonchev–Trinajstić information content (AvgIpc) is 2.53. The van der Waals surface area contributed by atoms with Gasteiger partial charge in [-0.15, -0.1) is 0 Å². The number of esters is 1. The van der Waals surface area contributed by atoms with Crippen LogP contribution in [0.4, 0.5) is 0 Å². The van der Waals surface area contributed by atoms with Crippen LogP contribution in [0.2, 0.25) is 10.0 Å². The fourth-order valence-electron chi connectivity index (χ4n) is 1.58. The van der Waals surface area contributed by atoms with Gasteiger partial charge in [-0.2, -0.15) is 4.72 Å². The van der Waals surface area contributed by atoms with E-state index in [-0.39, 0.29) is 14.9 Å². The largest absolute Gasteiger partial charge is 0.455 e. The van der Waals surface area contributed by atoms with E-state index >= 15 is 0 Å². The van der Waals surface area contributed by atoms with E-state index in [1.54, 1.807) is 0 Å². The van der Waals surface area contributed by atoms with Crippen molar-refractivity contribution in [2.45, 2.75) is 37.6 Å². The number of halogens is 2. The van der Waals surface area contributed by atoms with Gasteiger partial charge in [-0.25, -0.2) is 8.42 Å². The second-order valence-electron chi connectivity index (χ2n) is 5.85. The van der Waals surface area contributed by atoms with E-state index in [4.69, 9.17) is 27.9 Å². The lowest BCUT2D eigenvalue weighted by Gasteiger charge is -2.24. The Hall–Kier alpha value is -1.35. The predicted octanol–water partition coefficient (Wildman–Crippen LogP) is 2.12. The summed E-state index contributed by atoms with van der Waals surface area (Å²) in [6, 6.07) is 3.75. The van der Waals surface area contributed by atoms with E-state index < -0.39 is 40.6 Å². The van der Waals surface area contributed by atoms with Crippen LogP contribution in [0.3, 0.4) is 0 Å². The minimum absolute atomic E-state index is 0.0716. The Morgan fingerprint density at radius 1 is 1.20 bits per heavy atom. The molecule has 7 nitrogen and oxygen atoms in total. The summed E-state index contributed by atoms with van der Waals surface area (Å²) in [6.07, 6.45) is 0.705. The standard InChI is InChI=1S/C15H20Cl2N2O5S/c1-4-15(2,3)19-13(20)9-24-14(21)8-18-25(22,23)10-5-6-11(16)12(17)7-10/h5-7,18H,4,8-9H2,1-3H3,(H,19,20). The summed E-state index contributed by atoms with van der Waals surface area (Å²) in [5.41, 5.74) is -0.418. The molecule has 0 saturated heterocycles. The minimum Gasteiger partial charge on any atom is -0.455 e. The molecule has 0 unspecified atom stereocenters. The first-order chi connectivity index (χ1) is 11.5. The maximum Gasteiger partial charge on any atom is 0.321 e. The average molecular weight is 411 g/mol. The van der Waals surface area contributed by atoms with Crippen LogP contribution in [0.1, 0.15) is 27.2 Å². The first-order valence-corrected chi connectivity index (χ1v) is 9.62. The predicted molar refractivity (Wildman–Crippen MR) is 95.1 cm³/mol. The number of ether oxygens (including phenoxy) is 1. The summed E-state index contributed by atoms with van der Waals surface area (Å²) in [6.45, 7) is 4.46. The molecule has 10 heteroatoms. The van der Waals surface area contributed by atoms with Crippen LogP contribution in [0.5, 0.6) is 0 Å². The highest BCUT2D eigenvalue weighted by molar-refractivity contribution is 7.89. The smallest absolute Gasteiger partial charge is 0.321 e. The van der Waals surface area contributed by atoms with E-state index in [9.17, 15) is 18.0 Å². The van der Waals surface area contributed by atoms with Crippen molar-refractivity contribution in [3.8, 4) is 0 Å². The Labute approximate surface area is 157 Å². The molecule has 0 atom stereocenters. The van der Waals surface area contributed by atoms with Gasteiger partial charge >= 0.3 is 5.97 Å². The lowest BCUT2D eigenvalue weighted by molar-refractivity contribution is -0.147. The van der Waals surface area contributed by atoms with Gasteiger partial charge in [-0.1, -0.05) is 30.1 Å². The fraction of sp³-hybridized carbons (Fsp3) is 0.467. The topological polar surface area (TPSA) is 102 Å². The molecule has 1 amide bonds. The molecule has 1 rings (SSSR count). The van der Waals surface area contributed by atoms with Crippen molar-refractivity contribution in [2.75, 3.05) is 13.2 Å². The van der Waals surface area contributed by atoms with Crippen molar-refractivity contribution in [3.05, 3.63) is 28.2 Å². The summed E-state index contributed by atoms with van der Waals surface area (Å²) < 4.78 is 30.9. The van der Waals surface area contributed by atoms with Gasteiger partial charge in [-0.05, 0) is 38.5 Å². The van der Waals surface area contributed by atoms with E-state index in [1.807, 2.05) is 20.8 Å². The molecular weight excluding hydrogens is 391 g/mol. The van der Waals surface area contributed by atoms with Crippen LogP contribution in [-0.4, -0.2) is 39.0 Å². The van der Waals surface area contributed by atoms with Crippen LogP contribution >= 0.6 is 23.2 Å². The zero-order valence-corrected chi connectivity index (χ0v) is 16.4. The molecule has 0 aliphatic heterocycles. The molecule has 25 heavy (non-hydrogen) atoms. The highest BCUT2D eigenvalue weighted by atomic mass is 35.5. The van der Waals surface area contributed by atoms with Gasteiger partial charge in [0.15, 0.2) is 6.61 Å². The lowest BCUT2D eigenvalue weighted by Crippen LogP contribution is -2.45. The van der Waals surface area contributed by atoms with Crippen LogP contribution < -0.4 is 10.0 Å². The summed E-state index contributed by atoms with van der Waals surface area (Å²) in [5, 5.41) is 2.97. The summed E-state index contributed by atoms with van der Waals surface area (Å²) >= 11 is 11.5. The van der Waals surface area contributed by atoms with Crippen LogP contribution in [0.25, 0.3) is 0 Å². The number of rotatable bonds is 8. The van der Waals surface area contributed by atoms with Gasteiger partial charge in [-0.3, -0.25) is 9.59 Å². The Balaban J connectivity index is 2.52. The molecule has 0 heterocycles. The summed E-state index contributed by atoms with van der Waals surface area (Å²) in [7, 11) is -3.96. The van der Waals surface area contributed by atoms with Gasteiger partial charge in [0.25, 0.3) is 5.91 Å². The molecule has 1 aromatic carbocycles. The Morgan fingerprint density at radius 2 is 1.84 bits per heavy atom. The molecule has 0 fully saturated rings. The summed E-state index contributed by atoms with van der Waals surface area (Å²) in [4.78, 5) is 23.1. The van der Waals surface area contributed by atoms with Crippen LogP contribution in [0, 0.1) is 0 Å². The maximum absolute atomic E-state index is 12.1. The zero-order valence-electron chi connectivity index (χ0n) is 14.1. The highest BCUT2D eigenvalue weighted by Crippen LogP contribution is 2.24. The summed E-state index contributed by atoms with van der Waals surface area (Å²) in [5.74, 6) is -1.35. The number of hydrogen-bond donors (Lipinski definition) is 2. The molecule has 0 spiro atoms. The number of sulfonamides is 1. The third-order valence-electron chi connectivity index (χ3n) is 3.33. The van der Waals surface area contributed by atoms with Gasteiger partial charge in [0, 0.05) is 5.54 Å². The third kappa shape index (κ3) is 7.19. The molecule has 2 N–H and O–H groups in total. The number of nitrogens with one attached hydrogen (secondary N) is 2. The highest BCUT2D eigenvalue weighted by Gasteiger charge is 2.20. The number of benzene rings is 1. The lowest BCUT2D eigenvalue weighted by atomic mass is 10.0. The van der Waals surface area contributed by atoms with E-state index in [2.05, 4.69) is 10.0 Å². The molecule has 0 bridgehead atoms. The van der Waals surface area contributed by atoms with E-state index in [0.717, 1.165) is 6.07 Å². The molecule has 0 aliphatic rings. The SMILES string of the molecule is CCC(C)(C)NC(=O)COC(=O)CNS(=O)(=O)c1ccc(Cl)c(Cl)c1. The van der Waals surface area contributed by atoms with Crippen molar-refractivity contribution in [1.29, 1.82) is 0 Å². The van der Waals surface area contributed by atoms with E-state index in [1.165, 1.54) is 12.1 Å². The Morgan fingerprint density at radius 3 is 2.40 bits per heavy atom. The van der Waals surface area contributed by atoms with Crippen molar-refractivity contribution >= 4 is 45.1 Å². The molecule has 1 aromatic rings. The third-order valence-corrected chi connectivity index (χ3v) is 5.47. The molecule has 140 valence electrons. The Kier molecular flexibility index (Phi) is 7.67. The van der Waals surface area contributed by atoms with Crippen molar-refractivity contribution in [3.63, 3.8) is 0 Å². The van der Waals surface area contributed by atoms with Gasteiger partial charge in [0.1, 0.15) is 6.54 Å². The van der Waals surface area contributed by atoms with E-state index in [0.29, 0.717) is 6.42 Å². The normalized spacial score (nSPS) is 11.9. The second-order valence-corrected chi connectivity index (χ2v) is 8.43. The minimum atomic E-state index is -3.96. The fourth-order valence-corrected chi connectivity index (χ4v) is 2.94. The van der Waals surface area contributed by atoms with Crippen molar-refractivity contribution in [1.82, 2.24) is 10.0 Å². The molecular formula is C15H20Cl2N2O5S. The van der Waals surface area contributed by atoms with Crippen molar-refractivity contribution < 1.29 is 22.7 Å². The molecule has 0 aromatic heterocycles. The monoisotopic (exact) mass is 410 g/mol. The van der Waals surface area contributed by atoms with Crippen LogP contribution in [0.15, 0.2) is 23.1 Å². The Bertz CT molecular complexity index is 750. The number of amides is 1. The zero-order chi connectivity index (χ0) is 19.3. The molecule has 0 saturated carbocycles. The number of carbonyl (C=O) groups excluding carboxylic acids is 2. The van der Waals surface area contributed by atoms with Crippen molar-refractivity contribution in [2.24, 2.45) is 0 Å². The number of hydrogen-bond acceptors (Lipinski definition) is 5. The maximum atomic E-state index is 12.1. The molecule has 0 radical (unpaired) electrons. The first-order valence-electron chi connectivity index (χ1n) is 7.38. The quantitative estimate of drug-likeness (QED) is 0.638. The van der Waals surface area contributed by atoms with Crippen LogP contribution in [-0.2, 0) is 24.3 Å². The second kappa shape index (κ2) is 8.84. The first kappa shape index (κ1) is 21.7. The van der Waals surface area contributed by atoms with Gasteiger partial charge < -0.3 is 10.1 Å².